The molecule has 1 N–H and O–H groups in total. The number of allylic oxidation sites excluding steroid dienone is 3. The highest BCUT2D eigenvalue weighted by atomic mass is 19.3. The molecule has 0 aromatic carbocycles. The zero-order valence-corrected chi connectivity index (χ0v) is 17.9. The molecule has 2 aliphatic carbocycles. The van der Waals surface area contributed by atoms with Gasteiger partial charge in [0.1, 0.15) is 12.2 Å². The summed E-state index contributed by atoms with van der Waals surface area (Å²) in [5.41, 5.74) is 0.511. The number of hydrogen-bond donors (Lipinski definition) is 1. The van der Waals surface area contributed by atoms with Gasteiger partial charge >= 0.3 is 11.9 Å². The van der Waals surface area contributed by atoms with Crippen LogP contribution in [-0.4, -0.2) is 41.3 Å². The molecule has 0 unspecified atom stereocenters. The molecule has 0 bridgehead atoms. The van der Waals surface area contributed by atoms with E-state index < -0.39 is 36.5 Å². The molecule has 1 aliphatic heterocycles. The Balaban J connectivity index is 1.79. The predicted octanol–water partition coefficient (Wildman–Crippen LogP) is 4.19. The lowest BCUT2D eigenvalue weighted by Gasteiger charge is -2.43. The van der Waals surface area contributed by atoms with Gasteiger partial charge < -0.3 is 14.6 Å². The Hall–Kier alpha value is -1.76. The monoisotopic (exact) mass is 426 g/mol. The first-order chi connectivity index (χ1) is 14.1. The molecule has 0 aromatic heterocycles. The van der Waals surface area contributed by atoms with E-state index in [-0.39, 0.29) is 36.2 Å². The van der Waals surface area contributed by atoms with E-state index in [4.69, 9.17) is 9.47 Å². The largest absolute Gasteiger partial charge is 0.462 e. The number of carbonyl (C=O) groups is 2. The summed E-state index contributed by atoms with van der Waals surface area (Å²) in [6.45, 7) is 5.63. The van der Waals surface area contributed by atoms with Gasteiger partial charge in [-0.15, -0.1) is 0 Å². The van der Waals surface area contributed by atoms with E-state index in [2.05, 4.69) is 0 Å². The minimum atomic E-state index is -3.02. The minimum Gasteiger partial charge on any atom is -0.462 e. The van der Waals surface area contributed by atoms with Crippen molar-refractivity contribution in [1.82, 2.24) is 0 Å². The molecule has 1 saturated heterocycles. The number of esters is 2. The lowest BCUT2D eigenvalue weighted by Crippen LogP contribution is -2.45. The Kier molecular flexibility index (Phi) is 7.00. The standard InChI is InChI=1S/C23H32F2O5/c1-4-13(2)22(28)30-19-12-23(24,25)11-15-6-5-14(3)18(21(15)19)8-7-17-9-16(26)10-20(27)29-17/h5-6,11,13-14,16-19,21,26H,4,7-10,12H2,1-3H3/t13-,14-,16+,17+,18-,19-,21-/m0/s1. The van der Waals surface area contributed by atoms with Gasteiger partial charge in [-0.05, 0) is 42.7 Å². The van der Waals surface area contributed by atoms with Crippen molar-refractivity contribution in [3.05, 3.63) is 23.8 Å². The lowest BCUT2D eigenvalue weighted by molar-refractivity contribution is -0.164. The van der Waals surface area contributed by atoms with Gasteiger partial charge in [0.15, 0.2) is 0 Å². The maximum absolute atomic E-state index is 14.4. The molecule has 0 spiro atoms. The molecule has 0 aromatic rings. The number of hydrogen-bond acceptors (Lipinski definition) is 5. The van der Waals surface area contributed by atoms with E-state index in [0.29, 0.717) is 31.3 Å². The summed E-state index contributed by atoms with van der Waals surface area (Å²) in [5, 5.41) is 9.84. The van der Waals surface area contributed by atoms with Crippen LogP contribution in [0.3, 0.4) is 0 Å². The molecular weight excluding hydrogens is 394 g/mol. The Morgan fingerprint density at radius 3 is 2.80 bits per heavy atom. The smallest absolute Gasteiger partial charge is 0.308 e. The first-order valence-electron chi connectivity index (χ1n) is 11.0. The second-order valence-electron chi connectivity index (χ2n) is 9.08. The van der Waals surface area contributed by atoms with Gasteiger partial charge in [-0.25, -0.2) is 8.78 Å². The van der Waals surface area contributed by atoms with Crippen molar-refractivity contribution in [2.45, 2.75) is 83.5 Å². The maximum atomic E-state index is 14.4. The quantitative estimate of drug-likeness (QED) is 0.645. The fourth-order valence-corrected chi connectivity index (χ4v) is 4.83. The molecule has 168 valence electrons. The fraction of sp³-hybridized carbons (Fsp3) is 0.739. The van der Waals surface area contributed by atoms with Crippen LogP contribution in [0.15, 0.2) is 23.8 Å². The Morgan fingerprint density at radius 2 is 2.13 bits per heavy atom. The number of alkyl halides is 2. The molecule has 1 fully saturated rings. The number of halogens is 2. The average molecular weight is 427 g/mol. The molecule has 0 radical (unpaired) electrons. The average Bonchev–Trinajstić information content (AvgIpc) is 2.65. The highest BCUT2D eigenvalue weighted by Gasteiger charge is 2.48. The molecule has 7 heteroatoms. The van der Waals surface area contributed by atoms with Crippen LogP contribution in [0, 0.1) is 23.7 Å². The van der Waals surface area contributed by atoms with Crippen molar-refractivity contribution in [2.75, 3.05) is 0 Å². The summed E-state index contributed by atoms with van der Waals surface area (Å²) in [5.74, 6) is -4.45. The summed E-state index contributed by atoms with van der Waals surface area (Å²) < 4.78 is 39.7. The van der Waals surface area contributed by atoms with Crippen LogP contribution in [0.25, 0.3) is 0 Å². The van der Waals surface area contributed by atoms with E-state index in [9.17, 15) is 23.5 Å². The summed E-state index contributed by atoms with van der Waals surface area (Å²) >= 11 is 0. The minimum absolute atomic E-state index is 0.0112. The molecular formula is C23H32F2O5. The third-order valence-electron chi connectivity index (χ3n) is 6.71. The van der Waals surface area contributed by atoms with Crippen LogP contribution in [0.4, 0.5) is 8.78 Å². The summed E-state index contributed by atoms with van der Waals surface area (Å²) in [7, 11) is 0. The first kappa shape index (κ1) is 22.9. The van der Waals surface area contributed by atoms with Crippen molar-refractivity contribution < 1.29 is 33.0 Å². The second-order valence-corrected chi connectivity index (χ2v) is 9.08. The number of carbonyl (C=O) groups excluding carboxylic acids is 2. The third kappa shape index (κ3) is 5.29. The molecule has 3 aliphatic rings. The highest BCUT2D eigenvalue weighted by Crippen LogP contribution is 2.47. The SMILES string of the molecule is CC[C@H](C)C(=O)O[C@H]1CC(F)(F)C=C2C=C[C@H](C)[C@H](CC[C@@H]3C[C@@H](O)CC(=O)O3)[C@H]21. The molecule has 5 nitrogen and oxygen atoms in total. The van der Waals surface area contributed by atoms with Crippen LogP contribution in [0.1, 0.15) is 59.3 Å². The van der Waals surface area contributed by atoms with Gasteiger partial charge in [0, 0.05) is 12.3 Å². The van der Waals surface area contributed by atoms with Crippen LogP contribution >= 0.6 is 0 Å². The van der Waals surface area contributed by atoms with Gasteiger partial charge in [0.25, 0.3) is 5.92 Å². The molecule has 0 amide bonds. The molecule has 1 heterocycles. The zero-order valence-electron chi connectivity index (χ0n) is 17.9. The van der Waals surface area contributed by atoms with Crippen molar-refractivity contribution >= 4 is 11.9 Å². The zero-order chi connectivity index (χ0) is 22.1. The number of cyclic esters (lactones) is 1. The lowest BCUT2D eigenvalue weighted by atomic mass is 9.66. The molecule has 3 rings (SSSR count). The molecule has 30 heavy (non-hydrogen) atoms. The Bertz CT molecular complexity index is 716. The van der Waals surface area contributed by atoms with E-state index >= 15 is 0 Å². The van der Waals surface area contributed by atoms with Gasteiger partial charge in [-0.2, -0.15) is 0 Å². The van der Waals surface area contributed by atoms with E-state index in [1.165, 1.54) is 0 Å². The predicted molar refractivity (Wildman–Crippen MR) is 107 cm³/mol. The van der Waals surface area contributed by atoms with Crippen molar-refractivity contribution in [2.24, 2.45) is 23.7 Å². The number of ether oxygens (including phenoxy) is 2. The van der Waals surface area contributed by atoms with Crippen LogP contribution < -0.4 is 0 Å². The number of aliphatic hydroxyl groups excluding tert-OH is 1. The number of aliphatic hydroxyl groups is 1. The Labute approximate surface area is 176 Å². The topological polar surface area (TPSA) is 72.8 Å². The van der Waals surface area contributed by atoms with Crippen LogP contribution in [-0.2, 0) is 19.1 Å². The van der Waals surface area contributed by atoms with Gasteiger partial charge in [0.2, 0.25) is 0 Å². The van der Waals surface area contributed by atoms with Gasteiger partial charge in [-0.3, -0.25) is 9.59 Å². The van der Waals surface area contributed by atoms with Crippen LogP contribution in [0.5, 0.6) is 0 Å². The fourth-order valence-electron chi connectivity index (χ4n) is 4.83. The normalized spacial score (nSPS) is 36.3. The summed E-state index contributed by atoms with van der Waals surface area (Å²) in [6, 6.07) is 0. The van der Waals surface area contributed by atoms with E-state index in [1.54, 1.807) is 13.0 Å². The first-order valence-corrected chi connectivity index (χ1v) is 11.0. The van der Waals surface area contributed by atoms with Gasteiger partial charge in [-0.1, -0.05) is 32.9 Å². The Morgan fingerprint density at radius 1 is 1.40 bits per heavy atom. The second kappa shape index (κ2) is 9.16. The van der Waals surface area contributed by atoms with Crippen molar-refractivity contribution in [3.63, 3.8) is 0 Å². The number of rotatable bonds is 6. The maximum Gasteiger partial charge on any atom is 0.308 e. The third-order valence-corrected chi connectivity index (χ3v) is 6.71. The highest BCUT2D eigenvalue weighted by molar-refractivity contribution is 5.72. The molecule has 0 saturated carbocycles. The summed E-state index contributed by atoms with van der Waals surface area (Å²) in [6.07, 6.45) is 4.32. The van der Waals surface area contributed by atoms with Crippen LogP contribution in [0.2, 0.25) is 0 Å². The number of fused-ring (bicyclic) bond motifs is 1. The van der Waals surface area contributed by atoms with Crippen molar-refractivity contribution in [3.8, 4) is 0 Å². The van der Waals surface area contributed by atoms with E-state index in [0.717, 1.165) is 6.08 Å². The molecule has 7 atom stereocenters. The van der Waals surface area contributed by atoms with Gasteiger partial charge in [0.05, 0.1) is 24.9 Å². The van der Waals surface area contributed by atoms with E-state index in [1.807, 2.05) is 19.9 Å². The summed E-state index contributed by atoms with van der Waals surface area (Å²) in [4.78, 5) is 24.0. The van der Waals surface area contributed by atoms with Crippen molar-refractivity contribution in [1.29, 1.82) is 0 Å².